The number of benzene rings is 3. The number of hydrogen-bond donors (Lipinski definition) is 3. The van der Waals surface area contributed by atoms with Gasteiger partial charge in [-0.25, -0.2) is 0 Å². The lowest BCUT2D eigenvalue weighted by atomic mass is 9.80. The van der Waals surface area contributed by atoms with Crippen LogP contribution in [0.1, 0.15) is 60.1 Å². The molecule has 3 N–H and O–H groups in total. The number of carbonyl (C=O) groups excluding carboxylic acids is 2. The molecule has 1 aliphatic heterocycles. The van der Waals surface area contributed by atoms with Gasteiger partial charge < -0.3 is 16.0 Å². The summed E-state index contributed by atoms with van der Waals surface area (Å²) in [4.78, 5) is 25.4. The average Bonchev–Trinajstić information content (AvgIpc) is 3.29. The van der Waals surface area contributed by atoms with E-state index >= 15 is 0 Å². The van der Waals surface area contributed by atoms with E-state index < -0.39 is 0 Å². The molecule has 5 nitrogen and oxygen atoms in total. The van der Waals surface area contributed by atoms with Gasteiger partial charge >= 0.3 is 0 Å². The van der Waals surface area contributed by atoms with Crippen molar-refractivity contribution in [2.24, 2.45) is 11.8 Å². The van der Waals surface area contributed by atoms with Crippen LogP contribution >= 0.6 is 11.6 Å². The van der Waals surface area contributed by atoms with Crippen molar-refractivity contribution in [3.63, 3.8) is 0 Å². The molecule has 0 aromatic heterocycles. The first kappa shape index (κ1) is 23.4. The number of rotatable bonds is 5. The standard InChI is InChI=1S/C29H30ClN3O2/c1-18-4-2-3-5-25(18)29(35)32-23-11-6-19(7-12-23)27-17-21-16-20(8-15-26(21)33-27)28(34)31-24-13-9-22(30)10-14-24/h6-16,18,25,27,33H,2-5,17H2,1H3,(H,31,34)(H,32,35). The minimum Gasteiger partial charge on any atom is -0.378 e. The lowest BCUT2D eigenvalue weighted by Crippen LogP contribution is -2.30. The molecule has 0 saturated heterocycles. The molecule has 0 spiro atoms. The second kappa shape index (κ2) is 10.1. The highest BCUT2D eigenvalue weighted by atomic mass is 35.5. The second-order valence-electron chi connectivity index (χ2n) is 9.71. The Labute approximate surface area is 211 Å². The lowest BCUT2D eigenvalue weighted by molar-refractivity contribution is -0.122. The molecule has 5 rings (SSSR count). The van der Waals surface area contributed by atoms with Gasteiger partial charge in [-0.05, 0) is 90.9 Å². The fraction of sp³-hybridized carbons (Fsp3) is 0.310. The summed E-state index contributed by atoms with van der Waals surface area (Å²) >= 11 is 5.92. The highest BCUT2D eigenvalue weighted by molar-refractivity contribution is 6.30. The SMILES string of the molecule is CC1CCCCC1C(=O)Nc1ccc(C2Cc3cc(C(=O)Nc4ccc(Cl)cc4)ccc3N2)cc1. The van der Waals surface area contributed by atoms with E-state index in [1.54, 1.807) is 24.3 Å². The molecule has 3 aromatic rings. The minimum absolute atomic E-state index is 0.112. The monoisotopic (exact) mass is 487 g/mol. The van der Waals surface area contributed by atoms with Crippen LogP contribution in [0.2, 0.25) is 5.02 Å². The molecule has 2 amide bonds. The van der Waals surface area contributed by atoms with Crippen LogP contribution in [-0.4, -0.2) is 11.8 Å². The lowest BCUT2D eigenvalue weighted by Gasteiger charge is -2.27. The van der Waals surface area contributed by atoms with Gasteiger partial charge in [0.2, 0.25) is 5.91 Å². The summed E-state index contributed by atoms with van der Waals surface area (Å²) in [5.41, 5.74) is 5.48. The van der Waals surface area contributed by atoms with Crippen LogP contribution in [0.25, 0.3) is 0 Å². The smallest absolute Gasteiger partial charge is 0.255 e. The zero-order valence-electron chi connectivity index (χ0n) is 19.8. The first-order chi connectivity index (χ1) is 17.0. The molecular weight excluding hydrogens is 458 g/mol. The predicted molar refractivity (Wildman–Crippen MR) is 142 cm³/mol. The van der Waals surface area contributed by atoms with Crippen molar-refractivity contribution in [1.82, 2.24) is 0 Å². The summed E-state index contributed by atoms with van der Waals surface area (Å²) in [6.45, 7) is 2.18. The molecule has 35 heavy (non-hydrogen) atoms. The minimum atomic E-state index is -0.147. The Morgan fingerprint density at radius 3 is 2.31 bits per heavy atom. The van der Waals surface area contributed by atoms with Crippen LogP contribution in [0.5, 0.6) is 0 Å². The van der Waals surface area contributed by atoms with E-state index in [1.165, 1.54) is 6.42 Å². The molecule has 2 aliphatic rings. The van der Waals surface area contributed by atoms with Crippen LogP contribution in [0, 0.1) is 11.8 Å². The van der Waals surface area contributed by atoms with Gasteiger partial charge in [-0.15, -0.1) is 0 Å². The number of fused-ring (bicyclic) bond motifs is 1. The highest BCUT2D eigenvalue weighted by Gasteiger charge is 2.28. The first-order valence-electron chi connectivity index (χ1n) is 12.3. The van der Waals surface area contributed by atoms with Gasteiger partial charge in [-0.1, -0.05) is 43.5 Å². The average molecular weight is 488 g/mol. The van der Waals surface area contributed by atoms with Crippen LogP contribution in [0.15, 0.2) is 66.7 Å². The molecule has 3 aromatic carbocycles. The molecule has 1 aliphatic carbocycles. The van der Waals surface area contributed by atoms with E-state index in [0.717, 1.165) is 48.2 Å². The highest BCUT2D eigenvalue weighted by Crippen LogP contribution is 2.35. The number of nitrogens with one attached hydrogen (secondary N) is 3. The van der Waals surface area contributed by atoms with E-state index in [0.29, 0.717) is 22.2 Å². The summed E-state index contributed by atoms with van der Waals surface area (Å²) in [6, 6.07) is 21.1. The Hall–Kier alpha value is -3.31. The van der Waals surface area contributed by atoms with Gasteiger partial charge in [-0.3, -0.25) is 9.59 Å². The molecule has 1 fully saturated rings. The van der Waals surface area contributed by atoms with Crippen molar-refractivity contribution in [1.29, 1.82) is 0 Å². The molecule has 3 unspecified atom stereocenters. The fourth-order valence-electron chi connectivity index (χ4n) is 5.18. The Kier molecular flexibility index (Phi) is 6.78. The second-order valence-corrected chi connectivity index (χ2v) is 10.1. The van der Waals surface area contributed by atoms with Crippen LogP contribution in [-0.2, 0) is 11.2 Å². The fourth-order valence-corrected chi connectivity index (χ4v) is 5.31. The maximum atomic E-state index is 12.7. The molecule has 3 atom stereocenters. The van der Waals surface area contributed by atoms with Crippen molar-refractivity contribution in [3.05, 3.63) is 88.4 Å². The third kappa shape index (κ3) is 5.35. The molecule has 1 saturated carbocycles. The maximum absolute atomic E-state index is 12.7. The van der Waals surface area contributed by atoms with E-state index in [1.807, 2.05) is 30.3 Å². The quantitative estimate of drug-likeness (QED) is 0.360. The van der Waals surface area contributed by atoms with Gasteiger partial charge in [0.1, 0.15) is 0 Å². The van der Waals surface area contributed by atoms with Gasteiger partial charge in [0.25, 0.3) is 5.91 Å². The molecule has 6 heteroatoms. The molecule has 0 bridgehead atoms. The van der Waals surface area contributed by atoms with E-state index in [4.69, 9.17) is 11.6 Å². The summed E-state index contributed by atoms with van der Waals surface area (Å²) in [5, 5.41) is 10.2. The number of hydrogen-bond acceptors (Lipinski definition) is 3. The molecular formula is C29H30ClN3O2. The van der Waals surface area contributed by atoms with Crippen molar-refractivity contribution in [2.75, 3.05) is 16.0 Å². The predicted octanol–water partition coefficient (Wildman–Crippen LogP) is 7.07. The molecule has 180 valence electrons. The topological polar surface area (TPSA) is 70.2 Å². The van der Waals surface area contributed by atoms with Gasteiger partial charge in [-0.2, -0.15) is 0 Å². The Balaban J connectivity index is 1.21. The summed E-state index contributed by atoms with van der Waals surface area (Å²) < 4.78 is 0. The van der Waals surface area contributed by atoms with Crippen LogP contribution < -0.4 is 16.0 Å². The van der Waals surface area contributed by atoms with Crippen molar-refractivity contribution in [3.8, 4) is 0 Å². The third-order valence-electron chi connectivity index (χ3n) is 7.25. The normalized spacial score (nSPS) is 21.0. The summed E-state index contributed by atoms with van der Waals surface area (Å²) in [7, 11) is 0. The third-order valence-corrected chi connectivity index (χ3v) is 7.50. The number of halogens is 1. The maximum Gasteiger partial charge on any atom is 0.255 e. The largest absolute Gasteiger partial charge is 0.378 e. The number of carbonyl (C=O) groups is 2. The Bertz CT molecular complexity index is 1220. The van der Waals surface area contributed by atoms with Gasteiger partial charge in [0.05, 0.1) is 6.04 Å². The van der Waals surface area contributed by atoms with Crippen LogP contribution in [0.3, 0.4) is 0 Å². The zero-order chi connectivity index (χ0) is 24.4. The van der Waals surface area contributed by atoms with E-state index in [9.17, 15) is 9.59 Å². The number of amides is 2. The van der Waals surface area contributed by atoms with Gasteiger partial charge in [0, 0.05) is 33.6 Å². The summed E-state index contributed by atoms with van der Waals surface area (Å²) in [5.74, 6) is 0.551. The van der Waals surface area contributed by atoms with E-state index in [2.05, 4.69) is 35.0 Å². The Morgan fingerprint density at radius 1 is 0.886 bits per heavy atom. The van der Waals surface area contributed by atoms with Crippen molar-refractivity contribution >= 4 is 40.5 Å². The first-order valence-corrected chi connectivity index (χ1v) is 12.7. The van der Waals surface area contributed by atoms with Gasteiger partial charge in [0.15, 0.2) is 0 Å². The zero-order valence-corrected chi connectivity index (χ0v) is 20.6. The van der Waals surface area contributed by atoms with Crippen molar-refractivity contribution in [2.45, 2.75) is 45.1 Å². The number of anilines is 3. The van der Waals surface area contributed by atoms with E-state index in [-0.39, 0.29) is 23.8 Å². The van der Waals surface area contributed by atoms with Crippen molar-refractivity contribution < 1.29 is 9.59 Å². The molecule has 1 heterocycles. The summed E-state index contributed by atoms with van der Waals surface area (Å²) in [6.07, 6.45) is 5.28. The molecule has 0 radical (unpaired) electrons. The van der Waals surface area contributed by atoms with Crippen LogP contribution in [0.4, 0.5) is 17.1 Å². The Morgan fingerprint density at radius 2 is 1.57 bits per heavy atom.